The Balaban J connectivity index is 2.61. The summed E-state index contributed by atoms with van der Waals surface area (Å²) in [7, 11) is 0. The average Bonchev–Trinajstić information content (AvgIpc) is 2.59. The first-order chi connectivity index (χ1) is 7.00. The average molecular weight is 215 g/mol. The van der Waals surface area contributed by atoms with Crippen molar-refractivity contribution in [3.8, 4) is 0 Å². The van der Waals surface area contributed by atoms with Gasteiger partial charge in [0.25, 0.3) is 0 Å². The van der Waals surface area contributed by atoms with Gasteiger partial charge in [0.1, 0.15) is 5.69 Å². The third-order valence-electron chi connectivity index (χ3n) is 1.84. The van der Waals surface area contributed by atoms with Crippen molar-refractivity contribution in [3.63, 3.8) is 0 Å². The fourth-order valence-corrected chi connectivity index (χ4v) is 1.19. The maximum absolute atomic E-state index is 12.2. The normalized spacial score (nSPS) is 11.9. The van der Waals surface area contributed by atoms with Crippen molar-refractivity contribution in [1.82, 2.24) is 9.97 Å². The van der Waals surface area contributed by atoms with E-state index in [1.807, 2.05) is 0 Å². The number of imidazole rings is 1. The van der Waals surface area contributed by atoms with Crippen LogP contribution in [-0.2, 0) is 6.18 Å². The van der Waals surface area contributed by atoms with Crippen LogP contribution in [0.4, 0.5) is 18.9 Å². The highest BCUT2D eigenvalue weighted by Gasteiger charge is 2.34. The zero-order valence-electron chi connectivity index (χ0n) is 7.17. The minimum Gasteiger partial charge on any atom is -0.334 e. The molecule has 0 bridgehead atoms. The van der Waals surface area contributed by atoms with Crippen molar-refractivity contribution >= 4 is 16.7 Å². The number of fused-ring (bicyclic) bond motifs is 1. The second kappa shape index (κ2) is 3.04. The molecule has 0 radical (unpaired) electrons. The van der Waals surface area contributed by atoms with Gasteiger partial charge in [0.05, 0.1) is 11.0 Å². The molecule has 4 nitrogen and oxygen atoms in total. The largest absolute Gasteiger partial charge is 0.449 e. The van der Waals surface area contributed by atoms with Crippen LogP contribution in [0.1, 0.15) is 5.82 Å². The molecule has 0 aliphatic carbocycles. The summed E-state index contributed by atoms with van der Waals surface area (Å²) in [5, 5.41) is 2.61. The van der Waals surface area contributed by atoms with Gasteiger partial charge < -0.3 is 4.98 Å². The summed E-state index contributed by atoms with van der Waals surface area (Å²) in [5.74, 6) is -1.08. The minimum absolute atomic E-state index is 0.0554. The fraction of sp³-hybridized carbons (Fsp3) is 0.125. The lowest BCUT2D eigenvalue weighted by Crippen LogP contribution is -2.06. The Bertz CT molecular complexity index is 517. The van der Waals surface area contributed by atoms with Crippen LogP contribution in [0, 0.1) is 4.91 Å². The molecule has 7 heteroatoms. The molecule has 0 atom stereocenters. The van der Waals surface area contributed by atoms with E-state index in [1.165, 1.54) is 18.2 Å². The second-order valence-corrected chi connectivity index (χ2v) is 2.88. The van der Waals surface area contributed by atoms with Crippen LogP contribution in [0.5, 0.6) is 0 Å². The summed E-state index contributed by atoms with van der Waals surface area (Å²) in [4.78, 5) is 15.6. The highest BCUT2D eigenvalue weighted by atomic mass is 19.4. The standard InChI is InChI=1S/C8H4F3N3O/c9-8(10,11)7-12-5-2-1-4(14-15)3-6(5)13-7/h1-3H,(H,12,13). The summed E-state index contributed by atoms with van der Waals surface area (Å²) in [6, 6.07) is 3.82. The van der Waals surface area contributed by atoms with Gasteiger partial charge in [-0.3, -0.25) is 0 Å². The van der Waals surface area contributed by atoms with E-state index < -0.39 is 12.0 Å². The number of aromatic nitrogens is 2. The quantitative estimate of drug-likeness (QED) is 0.743. The van der Waals surface area contributed by atoms with Crippen molar-refractivity contribution in [1.29, 1.82) is 0 Å². The first-order valence-electron chi connectivity index (χ1n) is 3.91. The van der Waals surface area contributed by atoms with E-state index in [0.29, 0.717) is 0 Å². The molecule has 15 heavy (non-hydrogen) atoms. The molecule has 0 saturated heterocycles. The van der Waals surface area contributed by atoms with Crippen LogP contribution in [-0.4, -0.2) is 9.97 Å². The van der Waals surface area contributed by atoms with Crippen LogP contribution >= 0.6 is 0 Å². The number of H-pyrrole nitrogens is 1. The second-order valence-electron chi connectivity index (χ2n) is 2.88. The third-order valence-corrected chi connectivity index (χ3v) is 1.84. The van der Waals surface area contributed by atoms with Gasteiger partial charge in [-0.05, 0) is 23.4 Å². The number of hydrogen-bond acceptors (Lipinski definition) is 3. The SMILES string of the molecule is O=Nc1ccc2nc(C(F)(F)F)[nH]c2c1. The number of alkyl halides is 3. The van der Waals surface area contributed by atoms with E-state index >= 15 is 0 Å². The lowest BCUT2D eigenvalue weighted by Gasteiger charge is -1.98. The van der Waals surface area contributed by atoms with Crippen molar-refractivity contribution in [2.75, 3.05) is 0 Å². The molecule has 78 valence electrons. The summed E-state index contributed by atoms with van der Waals surface area (Å²) in [6.07, 6.45) is -4.52. The number of nitrogens with one attached hydrogen (secondary N) is 1. The van der Waals surface area contributed by atoms with Crippen LogP contribution in [0.25, 0.3) is 11.0 Å². The zero-order chi connectivity index (χ0) is 11.1. The number of nitrogens with zero attached hydrogens (tertiary/aromatic N) is 2. The molecule has 0 aliphatic rings. The molecule has 1 N–H and O–H groups in total. The van der Waals surface area contributed by atoms with Gasteiger partial charge in [-0.15, -0.1) is 4.91 Å². The van der Waals surface area contributed by atoms with Gasteiger partial charge in [0.15, 0.2) is 0 Å². The number of benzene rings is 1. The molecule has 2 rings (SSSR count). The summed E-state index contributed by atoms with van der Waals surface area (Å²) in [6.45, 7) is 0. The van der Waals surface area contributed by atoms with Gasteiger partial charge >= 0.3 is 6.18 Å². The van der Waals surface area contributed by atoms with Crippen LogP contribution in [0.15, 0.2) is 23.4 Å². The third kappa shape index (κ3) is 1.67. The summed E-state index contributed by atoms with van der Waals surface area (Å²) in [5.41, 5.74) is 0.342. The Kier molecular flexibility index (Phi) is 1.95. The Morgan fingerprint density at radius 3 is 2.67 bits per heavy atom. The molecule has 0 fully saturated rings. The zero-order valence-corrected chi connectivity index (χ0v) is 7.17. The van der Waals surface area contributed by atoms with Gasteiger partial charge in [0.2, 0.25) is 5.82 Å². The number of nitroso groups, excluding NO2 is 1. The Hall–Kier alpha value is -1.92. The monoisotopic (exact) mass is 215 g/mol. The van der Waals surface area contributed by atoms with E-state index in [-0.39, 0.29) is 16.7 Å². The minimum atomic E-state index is -4.52. The Morgan fingerprint density at radius 2 is 2.07 bits per heavy atom. The van der Waals surface area contributed by atoms with E-state index in [0.717, 1.165) is 0 Å². The summed E-state index contributed by atoms with van der Waals surface area (Å²) < 4.78 is 36.7. The molecular weight excluding hydrogens is 211 g/mol. The topological polar surface area (TPSA) is 58.1 Å². The lowest BCUT2D eigenvalue weighted by molar-refractivity contribution is -0.144. The molecule has 1 heterocycles. The van der Waals surface area contributed by atoms with E-state index in [1.54, 1.807) is 0 Å². The molecule has 0 spiro atoms. The molecule has 0 amide bonds. The first-order valence-corrected chi connectivity index (χ1v) is 3.91. The highest BCUT2D eigenvalue weighted by molar-refractivity contribution is 5.78. The van der Waals surface area contributed by atoms with Crippen molar-refractivity contribution < 1.29 is 13.2 Å². The van der Waals surface area contributed by atoms with Crippen molar-refractivity contribution in [2.45, 2.75) is 6.18 Å². The predicted octanol–water partition coefficient (Wildman–Crippen LogP) is 2.98. The maximum Gasteiger partial charge on any atom is 0.449 e. The van der Waals surface area contributed by atoms with E-state index in [2.05, 4.69) is 15.1 Å². The number of aromatic amines is 1. The lowest BCUT2D eigenvalue weighted by atomic mass is 10.3. The van der Waals surface area contributed by atoms with Gasteiger partial charge in [-0.1, -0.05) is 0 Å². The molecule has 2 aromatic rings. The molecule has 0 aliphatic heterocycles. The smallest absolute Gasteiger partial charge is 0.334 e. The van der Waals surface area contributed by atoms with Crippen LogP contribution < -0.4 is 0 Å². The number of rotatable bonds is 1. The number of hydrogen-bond donors (Lipinski definition) is 1. The van der Waals surface area contributed by atoms with Crippen LogP contribution in [0.3, 0.4) is 0 Å². The van der Waals surface area contributed by atoms with Crippen molar-refractivity contribution in [2.24, 2.45) is 5.18 Å². The molecule has 0 saturated carbocycles. The van der Waals surface area contributed by atoms with E-state index in [4.69, 9.17) is 0 Å². The highest BCUT2D eigenvalue weighted by Crippen LogP contribution is 2.29. The molecular formula is C8H4F3N3O. The van der Waals surface area contributed by atoms with Crippen molar-refractivity contribution in [3.05, 3.63) is 28.9 Å². The number of halogens is 3. The first kappa shape index (κ1) is 9.63. The molecule has 1 aromatic heterocycles. The fourth-order valence-electron chi connectivity index (χ4n) is 1.19. The van der Waals surface area contributed by atoms with Crippen LogP contribution in [0.2, 0.25) is 0 Å². The maximum atomic E-state index is 12.2. The predicted molar refractivity (Wildman–Crippen MR) is 46.6 cm³/mol. The van der Waals surface area contributed by atoms with Gasteiger partial charge in [-0.25, -0.2) is 4.98 Å². The van der Waals surface area contributed by atoms with Gasteiger partial charge in [0, 0.05) is 0 Å². The Morgan fingerprint density at radius 1 is 1.33 bits per heavy atom. The van der Waals surface area contributed by atoms with E-state index in [9.17, 15) is 18.1 Å². The van der Waals surface area contributed by atoms with Gasteiger partial charge in [-0.2, -0.15) is 13.2 Å². The Labute approximate surface area is 81.1 Å². The molecule has 0 unspecified atom stereocenters. The molecule has 1 aromatic carbocycles. The summed E-state index contributed by atoms with van der Waals surface area (Å²) >= 11 is 0.